The van der Waals surface area contributed by atoms with E-state index in [9.17, 15) is 4.79 Å². The van der Waals surface area contributed by atoms with E-state index in [1.807, 2.05) is 95.0 Å². The lowest BCUT2D eigenvalue weighted by Gasteiger charge is -2.29. The standard InChI is InChI=1S/C34H32ClN5O2S/c1-18-14-27-32(30(21-8-10-23(35)11-9-21)29(18)31(20(3)41)42-34(4,5)6)43-33(38-27)22-12-13-36-25(15-22)26-16-24-19(2)39-40(7)28(24)17-37-26/h8-17,31H,1-7H3/t31-/m1/s1. The van der Waals surface area contributed by atoms with Crippen molar-refractivity contribution in [3.8, 4) is 33.1 Å². The van der Waals surface area contributed by atoms with Gasteiger partial charge in [0.2, 0.25) is 0 Å². The first-order valence-corrected chi connectivity index (χ1v) is 15.2. The van der Waals surface area contributed by atoms with E-state index in [1.54, 1.807) is 24.5 Å². The molecule has 2 aromatic carbocycles. The first-order valence-electron chi connectivity index (χ1n) is 14.0. The Labute approximate surface area is 259 Å². The molecule has 6 aromatic rings. The molecule has 6 rings (SSSR count). The zero-order valence-corrected chi connectivity index (χ0v) is 26.8. The highest BCUT2D eigenvalue weighted by molar-refractivity contribution is 7.22. The molecule has 0 aliphatic heterocycles. The Morgan fingerprint density at radius 2 is 1.72 bits per heavy atom. The minimum Gasteiger partial charge on any atom is -0.360 e. The second-order valence-corrected chi connectivity index (χ2v) is 13.2. The number of fused-ring (bicyclic) bond motifs is 2. The van der Waals surface area contributed by atoms with Gasteiger partial charge in [-0.15, -0.1) is 11.3 Å². The van der Waals surface area contributed by atoms with Crippen LogP contribution in [0.2, 0.25) is 5.02 Å². The summed E-state index contributed by atoms with van der Waals surface area (Å²) in [6, 6.07) is 15.8. The summed E-state index contributed by atoms with van der Waals surface area (Å²) in [7, 11) is 1.92. The predicted octanol–water partition coefficient (Wildman–Crippen LogP) is 8.69. The Balaban J connectivity index is 1.53. The molecule has 0 spiro atoms. The van der Waals surface area contributed by atoms with Crippen molar-refractivity contribution in [3.63, 3.8) is 0 Å². The molecule has 7 nitrogen and oxygen atoms in total. The van der Waals surface area contributed by atoms with Crippen LogP contribution in [0.25, 0.3) is 54.2 Å². The van der Waals surface area contributed by atoms with Crippen molar-refractivity contribution in [2.45, 2.75) is 53.2 Å². The molecule has 9 heteroatoms. The number of ketones is 1. The smallest absolute Gasteiger partial charge is 0.163 e. The summed E-state index contributed by atoms with van der Waals surface area (Å²) in [6.45, 7) is 11.5. The summed E-state index contributed by atoms with van der Waals surface area (Å²) in [4.78, 5) is 27.5. The lowest BCUT2D eigenvalue weighted by Crippen LogP contribution is -2.27. The third kappa shape index (κ3) is 5.58. The van der Waals surface area contributed by atoms with Gasteiger partial charge in [-0.1, -0.05) is 23.7 Å². The number of hydrogen-bond donors (Lipinski definition) is 0. The van der Waals surface area contributed by atoms with E-state index in [2.05, 4.69) is 21.1 Å². The largest absolute Gasteiger partial charge is 0.360 e. The van der Waals surface area contributed by atoms with Crippen molar-refractivity contribution in [3.05, 3.63) is 82.8 Å². The topological polar surface area (TPSA) is 82.8 Å². The van der Waals surface area contributed by atoms with Gasteiger partial charge >= 0.3 is 0 Å². The Morgan fingerprint density at radius 1 is 1.00 bits per heavy atom. The zero-order valence-electron chi connectivity index (χ0n) is 25.2. The van der Waals surface area contributed by atoms with E-state index < -0.39 is 11.7 Å². The molecule has 0 N–H and O–H groups in total. The van der Waals surface area contributed by atoms with Crippen molar-refractivity contribution in [2.24, 2.45) is 7.05 Å². The van der Waals surface area contributed by atoms with Crippen molar-refractivity contribution in [1.29, 1.82) is 0 Å². The quantitative estimate of drug-likeness (QED) is 0.188. The van der Waals surface area contributed by atoms with Crippen LogP contribution in [0.4, 0.5) is 0 Å². The van der Waals surface area contributed by atoms with Gasteiger partial charge in [0.05, 0.1) is 44.6 Å². The van der Waals surface area contributed by atoms with Crippen LogP contribution in [0, 0.1) is 13.8 Å². The number of pyridine rings is 2. The number of thiazole rings is 1. The monoisotopic (exact) mass is 609 g/mol. The molecule has 0 saturated carbocycles. The van der Waals surface area contributed by atoms with Crippen LogP contribution in [0.3, 0.4) is 0 Å². The maximum absolute atomic E-state index is 13.1. The lowest BCUT2D eigenvalue weighted by atomic mass is 9.90. The third-order valence-corrected chi connectivity index (χ3v) is 8.74. The van der Waals surface area contributed by atoms with Crippen LogP contribution in [-0.4, -0.2) is 36.1 Å². The van der Waals surface area contributed by atoms with Crippen LogP contribution >= 0.6 is 22.9 Å². The number of halogens is 1. The van der Waals surface area contributed by atoms with Crippen LogP contribution in [0.15, 0.2) is 60.9 Å². The predicted molar refractivity (Wildman–Crippen MR) is 175 cm³/mol. The molecule has 4 aromatic heterocycles. The van der Waals surface area contributed by atoms with Gasteiger partial charge in [-0.05, 0) is 89.1 Å². The molecule has 0 amide bonds. The second kappa shape index (κ2) is 10.9. The summed E-state index contributed by atoms with van der Waals surface area (Å²) in [5.74, 6) is -0.0515. The number of benzene rings is 2. The van der Waals surface area contributed by atoms with Gasteiger partial charge in [0.15, 0.2) is 5.78 Å². The molecule has 43 heavy (non-hydrogen) atoms. The highest BCUT2D eigenvalue weighted by Gasteiger charge is 2.30. The first kappa shape index (κ1) is 29.1. The van der Waals surface area contributed by atoms with Gasteiger partial charge < -0.3 is 4.74 Å². The molecule has 4 heterocycles. The average molecular weight is 610 g/mol. The third-order valence-electron chi connectivity index (χ3n) is 7.35. The highest BCUT2D eigenvalue weighted by atomic mass is 35.5. The molecule has 218 valence electrons. The molecule has 1 atom stereocenters. The van der Waals surface area contributed by atoms with E-state index in [-0.39, 0.29) is 5.78 Å². The van der Waals surface area contributed by atoms with Gasteiger partial charge in [0.25, 0.3) is 0 Å². The fourth-order valence-electron chi connectivity index (χ4n) is 5.45. The van der Waals surface area contributed by atoms with E-state index >= 15 is 0 Å². The van der Waals surface area contributed by atoms with Crippen LogP contribution in [-0.2, 0) is 16.6 Å². The Morgan fingerprint density at radius 3 is 2.42 bits per heavy atom. The van der Waals surface area contributed by atoms with Crippen molar-refractivity contribution in [1.82, 2.24) is 24.7 Å². The number of carbonyl (C=O) groups is 1. The maximum Gasteiger partial charge on any atom is 0.163 e. The molecular formula is C34H32ClN5O2S. The Bertz CT molecular complexity index is 2020. The fraction of sp³-hybridized carbons (Fsp3) is 0.265. The molecule has 0 bridgehead atoms. The number of hydrogen-bond acceptors (Lipinski definition) is 7. The highest BCUT2D eigenvalue weighted by Crippen LogP contribution is 2.44. The number of rotatable bonds is 6. The Hall–Kier alpha value is -3.98. The molecule has 0 aliphatic rings. The number of nitrogens with zero attached hydrogens (tertiary/aromatic N) is 5. The molecule has 0 radical (unpaired) electrons. The number of Topliss-reactive ketones (excluding diaryl/α,β-unsaturated/α-hetero) is 1. The maximum atomic E-state index is 13.1. The van der Waals surface area contributed by atoms with E-state index in [0.29, 0.717) is 5.02 Å². The summed E-state index contributed by atoms with van der Waals surface area (Å²) in [5, 5.41) is 7.06. The van der Waals surface area contributed by atoms with E-state index in [0.717, 1.165) is 71.0 Å². The zero-order chi connectivity index (χ0) is 30.6. The van der Waals surface area contributed by atoms with Crippen molar-refractivity contribution < 1.29 is 9.53 Å². The molecule has 0 aliphatic carbocycles. The summed E-state index contributed by atoms with van der Waals surface area (Å²) < 4.78 is 9.20. The minimum absolute atomic E-state index is 0.0515. The first-order chi connectivity index (χ1) is 20.4. The second-order valence-electron chi connectivity index (χ2n) is 11.8. The summed E-state index contributed by atoms with van der Waals surface area (Å²) >= 11 is 7.86. The van der Waals surface area contributed by atoms with E-state index in [1.165, 1.54) is 0 Å². The van der Waals surface area contributed by atoms with Crippen LogP contribution in [0.1, 0.15) is 50.6 Å². The Kier molecular flexibility index (Phi) is 7.40. The number of aryl methyl sites for hydroxylation is 3. The fourth-order valence-corrected chi connectivity index (χ4v) is 6.69. The van der Waals surface area contributed by atoms with Crippen LogP contribution < -0.4 is 0 Å². The number of ether oxygens (including phenoxy) is 1. The van der Waals surface area contributed by atoms with Gasteiger partial charge in [0, 0.05) is 40.3 Å². The SMILES string of the molecule is CC(=O)[C@@H](OC(C)(C)C)c1c(C)cc2nc(-c3ccnc(-c4cc5c(C)nn(C)c5cn4)c3)sc2c1-c1ccc(Cl)cc1. The van der Waals surface area contributed by atoms with Gasteiger partial charge in [-0.25, -0.2) is 4.98 Å². The lowest BCUT2D eigenvalue weighted by molar-refractivity contribution is -0.138. The number of aromatic nitrogens is 5. The molecular weight excluding hydrogens is 578 g/mol. The van der Waals surface area contributed by atoms with Crippen LogP contribution in [0.5, 0.6) is 0 Å². The van der Waals surface area contributed by atoms with Gasteiger partial charge in [0.1, 0.15) is 11.1 Å². The summed E-state index contributed by atoms with van der Waals surface area (Å²) in [6.07, 6.45) is 2.90. The molecule has 0 saturated heterocycles. The number of carbonyl (C=O) groups excluding carboxylic acids is 1. The van der Waals surface area contributed by atoms with Gasteiger partial charge in [-0.3, -0.25) is 19.4 Å². The average Bonchev–Trinajstić information content (AvgIpc) is 3.51. The van der Waals surface area contributed by atoms with E-state index in [4.69, 9.17) is 21.3 Å². The van der Waals surface area contributed by atoms with Crippen molar-refractivity contribution >= 4 is 49.8 Å². The summed E-state index contributed by atoms with van der Waals surface area (Å²) in [5.41, 5.74) is 8.41. The van der Waals surface area contributed by atoms with Gasteiger partial charge in [-0.2, -0.15) is 5.10 Å². The normalized spacial score (nSPS) is 12.7. The molecule has 0 unspecified atom stereocenters. The van der Waals surface area contributed by atoms with Crippen molar-refractivity contribution in [2.75, 3.05) is 0 Å². The minimum atomic E-state index is -0.731. The molecule has 0 fully saturated rings.